The predicted octanol–water partition coefficient (Wildman–Crippen LogP) is 2.97. The van der Waals surface area contributed by atoms with Gasteiger partial charge in [0.2, 0.25) is 0 Å². The van der Waals surface area contributed by atoms with Gasteiger partial charge >= 0.3 is 0 Å². The van der Waals surface area contributed by atoms with Gasteiger partial charge in [-0.25, -0.2) is 4.98 Å². The smallest absolute Gasteiger partial charge is 0.276 e. The zero-order valence-corrected chi connectivity index (χ0v) is 15.8. The van der Waals surface area contributed by atoms with E-state index in [9.17, 15) is 8.42 Å². The molecule has 0 radical (unpaired) electrons. The Kier molecular flexibility index (Phi) is 5.56. The average molecular weight is 384 g/mol. The number of nitrogens with one attached hydrogen (secondary N) is 1. The van der Waals surface area contributed by atoms with Crippen molar-refractivity contribution in [1.29, 1.82) is 0 Å². The Hall–Kier alpha value is -3.13. The maximum atomic E-state index is 12.4. The number of hydrogen-bond donors (Lipinski definition) is 1. The molecule has 140 valence electrons. The van der Waals surface area contributed by atoms with Crippen molar-refractivity contribution in [3.63, 3.8) is 0 Å². The van der Waals surface area contributed by atoms with E-state index in [4.69, 9.17) is 4.74 Å². The lowest BCUT2D eigenvalue weighted by molar-refractivity contribution is 0.340. The molecule has 3 rings (SSSR count). The van der Waals surface area contributed by atoms with E-state index in [2.05, 4.69) is 14.9 Å². The molecule has 0 fully saturated rings. The Morgan fingerprint density at radius 3 is 2.44 bits per heavy atom. The number of sulfonamides is 1. The lowest BCUT2D eigenvalue weighted by Crippen LogP contribution is -2.20. The summed E-state index contributed by atoms with van der Waals surface area (Å²) in [4.78, 5) is 6.41. The van der Waals surface area contributed by atoms with Crippen molar-refractivity contribution in [3.05, 3.63) is 72.8 Å². The molecule has 0 bridgehead atoms. The lowest BCUT2D eigenvalue weighted by Gasteiger charge is -2.08. The molecule has 7 nitrogen and oxygen atoms in total. The minimum atomic E-state index is -3.74. The Morgan fingerprint density at radius 2 is 1.85 bits per heavy atom. The summed E-state index contributed by atoms with van der Waals surface area (Å²) >= 11 is 0. The summed E-state index contributed by atoms with van der Waals surface area (Å²) in [5, 5.41) is 4.02. The van der Waals surface area contributed by atoms with E-state index in [-0.39, 0.29) is 4.90 Å². The second kappa shape index (κ2) is 8.05. The van der Waals surface area contributed by atoms with Gasteiger partial charge in [-0.05, 0) is 55.8 Å². The van der Waals surface area contributed by atoms with Gasteiger partial charge in [0.25, 0.3) is 10.0 Å². The highest BCUT2D eigenvalue weighted by Gasteiger charge is 2.13. The highest BCUT2D eigenvalue weighted by atomic mass is 32.2. The second-order valence-electron chi connectivity index (χ2n) is 5.71. The first-order chi connectivity index (χ1) is 13.0. The molecule has 1 aromatic heterocycles. The molecule has 0 spiro atoms. The van der Waals surface area contributed by atoms with Crippen LogP contribution in [0.15, 0.2) is 77.2 Å². The number of nitrogens with zero attached hydrogens (tertiary/aromatic N) is 3. The molecule has 2 aromatic carbocycles. The van der Waals surface area contributed by atoms with Crippen LogP contribution in [0.1, 0.15) is 19.4 Å². The molecule has 8 heteroatoms. The van der Waals surface area contributed by atoms with Crippen molar-refractivity contribution in [3.8, 4) is 11.4 Å². The summed E-state index contributed by atoms with van der Waals surface area (Å²) in [5.74, 6) is 0.620. The molecule has 3 aromatic rings. The monoisotopic (exact) mass is 384 g/mol. The number of ether oxygens (including phenoxy) is 1. The maximum Gasteiger partial charge on any atom is 0.276 e. The number of aromatic nitrogens is 2. The van der Waals surface area contributed by atoms with Crippen LogP contribution in [0.2, 0.25) is 0 Å². The fourth-order valence-corrected chi connectivity index (χ4v) is 3.27. The minimum Gasteiger partial charge on any atom is -0.494 e. The maximum absolute atomic E-state index is 12.4. The van der Waals surface area contributed by atoms with Gasteiger partial charge in [-0.15, -0.1) is 0 Å². The van der Waals surface area contributed by atoms with Gasteiger partial charge in [-0.1, -0.05) is 12.1 Å². The van der Waals surface area contributed by atoms with Crippen molar-refractivity contribution in [2.75, 3.05) is 6.61 Å². The van der Waals surface area contributed by atoms with Crippen molar-refractivity contribution >= 4 is 15.7 Å². The van der Waals surface area contributed by atoms with E-state index in [0.29, 0.717) is 18.1 Å². The van der Waals surface area contributed by atoms with Crippen LogP contribution in [0, 0.1) is 0 Å². The number of imidazole rings is 1. The summed E-state index contributed by atoms with van der Waals surface area (Å²) in [6, 6.07) is 13.8. The first-order valence-corrected chi connectivity index (χ1v) is 9.85. The molecule has 0 atom stereocenters. The number of hydrogen-bond acceptors (Lipinski definition) is 5. The Bertz CT molecular complexity index is 1010. The lowest BCUT2D eigenvalue weighted by atomic mass is 10.1. The van der Waals surface area contributed by atoms with Gasteiger partial charge < -0.3 is 9.30 Å². The third-order valence-electron chi connectivity index (χ3n) is 3.87. The van der Waals surface area contributed by atoms with Crippen molar-refractivity contribution in [2.45, 2.75) is 18.7 Å². The van der Waals surface area contributed by atoms with Crippen molar-refractivity contribution in [2.24, 2.45) is 5.10 Å². The van der Waals surface area contributed by atoms with E-state index in [0.717, 1.165) is 11.3 Å². The molecule has 0 amide bonds. The molecular formula is C19H20N4O3S. The molecule has 1 heterocycles. The average Bonchev–Trinajstić information content (AvgIpc) is 3.22. The van der Waals surface area contributed by atoms with Gasteiger partial charge in [0.1, 0.15) is 5.75 Å². The van der Waals surface area contributed by atoms with E-state index in [1.165, 1.54) is 12.1 Å². The highest BCUT2D eigenvalue weighted by Crippen LogP contribution is 2.16. The quantitative estimate of drug-likeness (QED) is 0.501. The first kappa shape index (κ1) is 18.7. The van der Waals surface area contributed by atoms with Gasteiger partial charge in [0.15, 0.2) is 0 Å². The van der Waals surface area contributed by atoms with Crippen LogP contribution in [0.4, 0.5) is 0 Å². The molecule has 1 N–H and O–H groups in total. The van der Waals surface area contributed by atoms with Gasteiger partial charge in [0.05, 0.1) is 23.5 Å². The van der Waals surface area contributed by atoms with Crippen LogP contribution in [-0.2, 0) is 10.0 Å². The Labute approximate surface area is 158 Å². The van der Waals surface area contributed by atoms with E-state index < -0.39 is 10.0 Å². The molecular weight excluding hydrogens is 364 g/mol. The summed E-state index contributed by atoms with van der Waals surface area (Å²) in [7, 11) is -3.74. The Balaban J connectivity index is 1.72. The van der Waals surface area contributed by atoms with Crippen LogP contribution in [-0.4, -0.2) is 30.3 Å². The van der Waals surface area contributed by atoms with E-state index in [1.54, 1.807) is 31.6 Å². The predicted molar refractivity (Wildman–Crippen MR) is 104 cm³/mol. The summed E-state index contributed by atoms with van der Waals surface area (Å²) in [5.41, 5.74) is 2.33. The molecule has 0 aliphatic carbocycles. The van der Waals surface area contributed by atoms with Crippen molar-refractivity contribution < 1.29 is 13.2 Å². The minimum absolute atomic E-state index is 0.123. The van der Waals surface area contributed by atoms with Crippen LogP contribution >= 0.6 is 0 Å². The SMILES string of the molecule is CCOc1ccc(S(=O)(=O)NN=C(C)c2ccc(-n3ccnc3)cc2)cc1. The van der Waals surface area contributed by atoms with Crippen LogP contribution in [0.25, 0.3) is 5.69 Å². The fraction of sp³-hybridized carbons (Fsp3) is 0.158. The first-order valence-electron chi connectivity index (χ1n) is 8.37. The molecule has 0 saturated carbocycles. The fourth-order valence-electron chi connectivity index (χ4n) is 2.41. The number of rotatable bonds is 7. The zero-order valence-electron chi connectivity index (χ0n) is 15.0. The standard InChI is InChI=1S/C19H20N4O3S/c1-3-26-18-8-10-19(11-9-18)27(24,25)22-21-15(2)16-4-6-17(7-5-16)23-13-12-20-14-23/h4-14,22H,3H2,1-2H3. The largest absolute Gasteiger partial charge is 0.494 e. The number of hydrazone groups is 1. The van der Waals surface area contributed by atoms with E-state index in [1.807, 2.05) is 42.0 Å². The molecule has 0 unspecified atom stereocenters. The summed E-state index contributed by atoms with van der Waals surface area (Å²) in [6.45, 7) is 4.13. The molecule has 0 aliphatic heterocycles. The summed E-state index contributed by atoms with van der Waals surface area (Å²) in [6.07, 6.45) is 5.26. The molecule has 0 saturated heterocycles. The van der Waals surface area contributed by atoms with Crippen molar-refractivity contribution in [1.82, 2.24) is 14.4 Å². The highest BCUT2D eigenvalue weighted by molar-refractivity contribution is 7.89. The second-order valence-corrected chi connectivity index (χ2v) is 7.37. The Morgan fingerprint density at radius 1 is 1.15 bits per heavy atom. The summed E-state index contributed by atoms with van der Waals surface area (Å²) < 4.78 is 32.0. The van der Waals surface area contributed by atoms with Gasteiger partial charge in [-0.2, -0.15) is 18.4 Å². The van der Waals surface area contributed by atoms with E-state index >= 15 is 0 Å². The molecule has 27 heavy (non-hydrogen) atoms. The van der Waals surface area contributed by atoms with Crippen LogP contribution in [0.3, 0.4) is 0 Å². The normalized spacial score (nSPS) is 12.0. The number of benzene rings is 2. The topological polar surface area (TPSA) is 85.6 Å². The van der Waals surface area contributed by atoms with Crippen LogP contribution < -0.4 is 9.57 Å². The van der Waals surface area contributed by atoms with Gasteiger partial charge in [-0.3, -0.25) is 0 Å². The molecule has 0 aliphatic rings. The van der Waals surface area contributed by atoms with Crippen LogP contribution in [0.5, 0.6) is 5.75 Å². The van der Waals surface area contributed by atoms with Gasteiger partial charge in [0, 0.05) is 18.1 Å². The zero-order chi connectivity index (χ0) is 19.3. The third-order valence-corrected chi connectivity index (χ3v) is 5.09. The third kappa shape index (κ3) is 4.53.